The topological polar surface area (TPSA) is 37.4 Å². The van der Waals surface area contributed by atoms with Gasteiger partial charge in [-0.25, -0.2) is 8.42 Å². The van der Waals surface area contributed by atoms with Crippen molar-refractivity contribution in [1.29, 1.82) is 0 Å². The summed E-state index contributed by atoms with van der Waals surface area (Å²) in [6.07, 6.45) is 4.12. The maximum Gasteiger partial charge on any atom is 0.157 e. The third-order valence-corrected chi connectivity index (χ3v) is 7.55. The molecule has 0 amide bonds. The molecule has 2 atom stereocenters. The van der Waals surface area contributed by atoms with Gasteiger partial charge in [-0.2, -0.15) is 0 Å². The lowest BCUT2D eigenvalue weighted by Gasteiger charge is -2.57. The van der Waals surface area contributed by atoms with Crippen LogP contribution in [-0.4, -0.2) is 37.4 Å². The molecule has 4 rings (SSSR count). The fourth-order valence-electron chi connectivity index (χ4n) is 4.40. The van der Waals surface area contributed by atoms with Gasteiger partial charge in [0.15, 0.2) is 9.84 Å². The standard InChI is InChI=1S/C15H19NO2S/c17-19(18)11-15(16-9-3-4-10-16)13-6-2-1-5-12(13)7-8-14(15)19/h1-2,5-6,14H,3-4,7-11H2/t14-,15+/m1/s1. The smallest absolute Gasteiger partial charge is 0.157 e. The molecule has 1 aromatic rings. The molecule has 0 radical (unpaired) electrons. The Hall–Kier alpha value is -0.870. The van der Waals surface area contributed by atoms with E-state index < -0.39 is 9.84 Å². The first-order valence-corrected chi connectivity index (χ1v) is 8.91. The molecule has 3 nitrogen and oxygen atoms in total. The Kier molecular flexibility index (Phi) is 2.40. The molecule has 2 aliphatic heterocycles. The van der Waals surface area contributed by atoms with Crippen molar-refractivity contribution in [3.05, 3.63) is 35.4 Å². The fraction of sp³-hybridized carbons (Fsp3) is 0.600. The number of fused-ring (bicyclic) bond motifs is 3. The van der Waals surface area contributed by atoms with Crippen molar-refractivity contribution in [3.8, 4) is 0 Å². The molecule has 2 heterocycles. The quantitative estimate of drug-likeness (QED) is 0.784. The Morgan fingerprint density at radius 2 is 1.89 bits per heavy atom. The van der Waals surface area contributed by atoms with E-state index >= 15 is 0 Å². The molecule has 1 aromatic carbocycles. The van der Waals surface area contributed by atoms with Crippen LogP contribution >= 0.6 is 0 Å². The second-order valence-electron chi connectivity index (χ2n) is 6.11. The molecule has 19 heavy (non-hydrogen) atoms. The zero-order chi connectivity index (χ0) is 13.1. The molecule has 1 aliphatic carbocycles. The van der Waals surface area contributed by atoms with E-state index in [9.17, 15) is 8.42 Å². The van der Waals surface area contributed by atoms with E-state index in [1.165, 1.54) is 24.0 Å². The van der Waals surface area contributed by atoms with Crippen molar-refractivity contribution in [1.82, 2.24) is 4.90 Å². The van der Waals surface area contributed by atoms with Gasteiger partial charge in [-0.3, -0.25) is 4.90 Å². The van der Waals surface area contributed by atoms with Crippen LogP contribution in [0.3, 0.4) is 0 Å². The molecule has 102 valence electrons. The summed E-state index contributed by atoms with van der Waals surface area (Å²) < 4.78 is 24.4. The molecule has 0 N–H and O–H groups in total. The van der Waals surface area contributed by atoms with Gasteiger partial charge in [0.2, 0.25) is 0 Å². The van der Waals surface area contributed by atoms with Crippen LogP contribution < -0.4 is 0 Å². The van der Waals surface area contributed by atoms with Gasteiger partial charge in [0, 0.05) is 0 Å². The molecule has 4 heteroatoms. The Balaban J connectivity index is 1.89. The molecule has 2 saturated heterocycles. The first-order valence-electron chi connectivity index (χ1n) is 7.20. The van der Waals surface area contributed by atoms with Gasteiger partial charge < -0.3 is 0 Å². The van der Waals surface area contributed by atoms with E-state index in [0.717, 1.165) is 25.9 Å². The van der Waals surface area contributed by atoms with Gasteiger partial charge in [0.05, 0.1) is 16.5 Å². The third-order valence-electron chi connectivity index (χ3n) is 5.22. The second-order valence-corrected chi connectivity index (χ2v) is 8.29. The predicted molar refractivity (Wildman–Crippen MR) is 74.8 cm³/mol. The van der Waals surface area contributed by atoms with Gasteiger partial charge in [-0.1, -0.05) is 24.3 Å². The van der Waals surface area contributed by atoms with Crippen LogP contribution in [-0.2, 0) is 21.8 Å². The van der Waals surface area contributed by atoms with Crippen molar-refractivity contribution in [2.75, 3.05) is 18.8 Å². The van der Waals surface area contributed by atoms with Crippen LogP contribution in [0.25, 0.3) is 0 Å². The summed E-state index contributed by atoms with van der Waals surface area (Å²) in [7, 11) is -2.86. The Bertz CT molecular complexity index is 619. The van der Waals surface area contributed by atoms with Gasteiger partial charge in [0.25, 0.3) is 0 Å². The van der Waals surface area contributed by atoms with Crippen molar-refractivity contribution in [2.24, 2.45) is 0 Å². The minimum Gasteiger partial charge on any atom is -0.292 e. The van der Waals surface area contributed by atoms with Crippen LogP contribution in [0.2, 0.25) is 0 Å². The van der Waals surface area contributed by atoms with Crippen molar-refractivity contribution < 1.29 is 8.42 Å². The van der Waals surface area contributed by atoms with Crippen LogP contribution in [0, 0.1) is 0 Å². The monoisotopic (exact) mass is 277 g/mol. The molecule has 0 saturated carbocycles. The fourth-order valence-corrected chi connectivity index (χ4v) is 6.88. The molecule has 0 spiro atoms. The second kappa shape index (κ2) is 3.83. The lowest BCUT2D eigenvalue weighted by atomic mass is 9.75. The van der Waals surface area contributed by atoms with Gasteiger partial charge in [-0.05, 0) is 49.9 Å². The molecule has 0 unspecified atom stereocenters. The van der Waals surface area contributed by atoms with Gasteiger partial charge in [0.1, 0.15) is 0 Å². The number of likely N-dealkylation sites (tertiary alicyclic amines) is 1. The van der Waals surface area contributed by atoms with Crippen LogP contribution in [0.1, 0.15) is 30.4 Å². The third kappa shape index (κ3) is 1.44. The highest BCUT2D eigenvalue weighted by Crippen LogP contribution is 2.52. The van der Waals surface area contributed by atoms with Gasteiger partial charge >= 0.3 is 0 Å². The van der Waals surface area contributed by atoms with Crippen molar-refractivity contribution in [2.45, 2.75) is 36.5 Å². The zero-order valence-corrected chi connectivity index (χ0v) is 11.8. The maximum absolute atomic E-state index is 12.2. The first kappa shape index (κ1) is 11.9. The number of hydrogen-bond donors (Lipinski definition) is 0. The van der Waals surface area contributed by atoms with Crippen LogP contribution in [0.15, 0.2) is 24.3 Å². The summed E-state index contributed by atoms with van der Waals surface area (Å²) in [4.78, 5) is 2.46. The predicted octanol–water partition coefficient (Wildman–Crippen LogP) is 1.72. The Morgan fingerprint density at radius 1 is 1.16 bits per heavy atom. The van der Waals surface area contributed by atoms with Gasteiger partial charge in [-0.15, -0.1) is 0 Å². The SMILES string of the molecule is O=S1(=O)C[C@]2(N3CCCC3)c3ccccc3CC[C@H]21. The number of nitrogens with zero attached hydrogens (tertiary/aromatic N) is 1. The molecule has 0 bridgehead atoms. The van der Waals surface area contributed by atoms with Crippen LogP contribution in [0.5, 0.6) is 0 Å². The highest BCUT2D eigenvalue weighted by Gasteiger charge is 2.63. The van der Waals surface area contributed by atoms with E-state index in [-0.39, 0.29) is 10.8 Å². The summed E-state index contributed by atoms with van der Waals surface area (Å²) >= 11 is 0. The summed E-state index contributed by atoms with van der Waals surface area (Å²) in [5.41, 5.74) is 2.47. The van der Waals surface area contributed by atoms with Crippen molar-refractivity contribution >= 4 is 9.84 Å². The normalized spacial score (nSPS) is 36.3. The van der Waals surface area contributed by atoms with E-state index in [1.807, 2.05) is 0 Å². The minimum atomic E-state index is -2.86. The minimum absolute atomic E-state index is 0.159. The number of aryl methyl sites for hydroxylation is 1. The summed E-state index contributed by atoms with van der Waals surface area (Å²) in [6.45, 7) is 2.11. The summed E-state index contributed by atoms with van der Waals surface area (Å²) in [5, 5.41) is -0.159. The van der Waals surface area contributed by atoms with E-state index in [0.29, 0.717) is 5.75 Å². The number of rotatable bonds is 1. The highest BCUT2D eigenvalue weighted by atomic mass is 32.2. The largest absolute Gasteiger partial charge is 0.292 e. The van der Waals surface area contributed by atoms with E-state index in [2.05, 4.69) is 29.2 Å². The Morgan fingerprint density at radius 3 is 2.63 bits per heavy atom. The molecule has 2 fully saturated rings. The molecular formula is C15H19NO2S. The molecule has 3 aliphatic rings. The highest BCUT2D eigenvalue weighted by molar-refractivity contribution is 7.93. The summed E-state index contributed by atoms with van der Waals surface area (Å²) in [6, 6.07) is 8.47. The Labute approximate surface area is 114 Å². The first-order chi connectivity index (χ1) is 9.14. The molecule has 0 aromatic heterocycles. The number of sulfone groups is 1. The number of benzene rings is 1. The zero-order valence-electron chi connectivity index (χ0n) is 11.0. The average Bonchev–Trinajstić information content (AvgIpc) is 2.91. The lowest BCUT2D eigenvalue weighted by Crippen LogP contribution is -2.70. The van der Waals surface area contributed by atoms with E-state index in [1.54, 1.807) is 0 Å². The lowest BCUT2D eigenvalue weighted by molar-refractivity contribution is 0.0990. The number of hydrogen-bond acceptors (Lipinski definition) is 3. The average molecular weight is 277 g/mol. The van der Waals surface area contributed by atoms with E-state index in [4.69, 9.17) is 0 Å². The van der Waals surface area contributed by atoms with Crippen molar-refractivity contribution in [3.63, 3.8) is 0 Å². The van der Waals surface area contributed by atoms with Crippen LogP contribution in [0.4, 0.5) is 0 Å². The maximum atomic E-state index is 12.2. The summed E-state index contributed by atoms with van der Waals surface area (Å²) in [5.74, 6) is 0.335. The molecular weight excluding hydrogens is 258 g/mol.